The molecule has 1 N–H and O–H groups in total. The monoisotopic (exact) mass is 420 g/mol. The molecule has 0 aliphatic carbocycles. The molecule has 2 aromatic rings. The van der Waals surface area contributed by atoms with E-state index in [4.69, 9.17) is 9.05 Å². The zero-order valence-corrected chi connectivity index (χ0v) is 17.2. The van der Waals surface area contributed by atoms with Gasteiger partial charge < -0.3 is 0 Å². The third kappa shape index (κ3) is 6.25. The minimum absolute atomic E-state index is 0.198. The normalized spacial score (nSPS) is 13.6. The SMILES string of the molecule is CC(=O)NC(C[CH](C)[Ge])P(=O)(Oc1ccccc1)Oc1ccccc1. The Morgan fingerprint density at radius 2 is 1.48 bits per heavy atom. The number of nitrogens with one attached hydrogen (secondary N) is 1. The molecule has 0 heterocycles. The molecular formula is C18H21GeNO4P. The van der Waals surface area contributed by atoms with Crippen LogP contribution >= 0.6 is 7.60 Å². The van der Waals surface area contributed by atoms with Crippen molar-refractivity contribution in [3.05, 3.63) is 60.7 Å². The summed E-state index contributed by atoms with van der Waals surface area (Å²) in [7, 11) is -3.71. The number of amides is 1. The van der Waals surface area contributed by atoms with Crippen molar-refractivity contribution in [2.45, 2.75) is 30.8 Å². The van der Waals surface area contributed by atoms with Gasteiger partial charge in [0.2, 0.25) is 0 Å². The molecule has 131 valence electrons. The Labute approximate surface area is 156 Å². The Morgan fingerprint density at radius 3 is 1.84 bits per heavy atom. The first kappa shape index (κ1) is 19.6. The van der Waals surface area contributed by atoms with E-state index in [9.17, 15) is 9.36 Å². The maximum atomic E-state index is 13.7. The predicted molar refractivity (Wildman–Crippen MR) is 99.1 cm³/mol. The fraction of sp³-hybridized carbons (Fsp3) is 0.278. The van der Waals surface area contributed by atoms with Crippen molar-refractivity contribution in [2.24, 2.45) is 0 Å². The molecule has 1 amide bonds. The van der Waals surface area contributed by atoms with Gasteiger partial charge in [-0.1, -0.05) is 0 Å². The molecule has 0 aromatic heterocycles. The fourth-order valence-corrected chi connectivity index (χ4v) is 5.19. The van der Waals surface area contributed by atoms with Gasteiger partial charge >= 0.3 is 157 Å². The average Bonchev–Trinajstić information content (AvgIpc) is 2.55. The molecule has 7 heteroatoms. The second-order valence-electron chi connectivity index (χ2n) is 5.70. The predicted octanol–water partition coefficient (Wildman–Crippen LogP) is 4.17. The van der Waals surface area contributed by atoms with Crippen molar-refractivity contribution in [3.63, 3.8) is 0 Å². The van der Waals surface area contributed by atoms with Crippen LogP contribution in [0.2, 0.25) is 4.75 Å². The van der Waals surface area contributed by atoms with E-state index in [1.165, 1.54) is 6.92 Å². The van der Waals surface area contributed by atoms with Gasteiger partial charge in [0.05, 0.1) is 0 Å². The molecule has 3 radical (unpaired) electrons. The molecule has 0 aliphatic heterocycles. The van der Waals surface area contributed by atoms with Crippen molar-refractivity contribution in [1.29, 1.82) is 0 Å². The zero-order valence-electron chi connectivity index (χ0n) is 14.2. The zero-order chi connectivity index (χ0) is 18.3. The van der Waals surface area contributed by atoms with Crippen molar-refractivity contribution < 1.29 is 18.4 Å². The van der Waals surface area contributed by atoms with Gasteiger partial charge in [-0.3, -0.25) is 0 Å². The van der Waals surface area contributed by atoms with E-state index in [1.54, 1.807) is 48.5 Å². The number of hydrogen-bond acceptors (Lipinski definition) is 4. The number of hydrogen-bond donors (Lipinski definition) is 1. The molecule has 0 aliphatic rings. The van der Waals surface area contributed by atoms with E-state index in [-0.39, 0.29) is 10.7 Å². The third-order valence-electron chi connectivity index (χ3n) is 3.28. The van der Waals surface area contributed by atoms with Crippen LogP contribution in [0.4, 0.5) is 0 Å². The Balaban J connectivity index is 2.37. The van der Waals surface area contributed by atoms with Gasteiger partial charge in [-0.25, -0.2) is 0 Å². The summed E-state index contributed by atoms with van der Waals surface area (Å²) >= 11 is 1.99. The molecule has 0 fully saturated rings. The van der Waals surface area contributed by atoms with E-state index >= 15 is 0 Å². The van der Waals surface area contributed by atoms with Crippen LogP contribution in [-0.4, -0.2) is 28.2 Å². The van der Waals surface area contributed by atoms with Crippen molar-refractivity contribution in [3.8, 4) is 11.5 Å². The second-order valence-corrected chi connectivity index (χ2v) is 9.84. The van der Waals surface area contributed by atoms with Crippen LogP contribution in [0.3, 0.4) is 0 Å². The fourth-order valence-electron chi connectivity index (χ4n) is 2.24. The van der Waals surface area contributed by atoms with E-state index in [0.29, 0.717) is 17.9 Å². The van der Waals surface area contributed by atoms with Crippen LogP contribution in [0.25, 0.3) is 0 Å². The van der Waals surface area contributed by atoms with Gasteiger partial charge in [-0.05, 0) is 0 Å². The standard InChI is InChI=1S/C18H21GeNO4P/c1-14(19)13-18(20-15(2)21)25(22,23-16-9-5-3-6-10-16)24-17-11-7-4-8-12-17/h3-12,14,18H,13H2,1-2H3,(H,20,21). The summed E-state index contributed by atoms with van der Waals surface area (Å²) in [5.74, 6) is -0.161. The van der Waals surface area contributed by atoms with Gasteiger partial charge in [0.1, 0.15) is 0 Å². The Kier molecular flexibility index (Phi) is 7.15. The molecule has 0 saturated carbocycles. The molecule has 2 rings (SSSR count). The molecule has 0 saturated heterocycles. The van der Waals surface area contributed by atoms with Crippen LogP contribution in [0.1, 0.15) is 20.3 Å². The van der Waals surface area contributed by atoms with Gasteiger partial charge in [0.25, 0.3) is 0 Å². The molecule has 5 nitrogen and oxygen atoms in total. The van der Waals surface area contributed by atoms with Gasteiger partial charge in [-0.2, -0.15) is 0 Å². The maximum absolute atomic E-state index is 13.7. The Bertz CT molecular complexity index is 679. The Morgan fingerprint density at radius 1 is 1.04 bits per heavy atom. The summed E-state index contributed by atoms with van der Waals surface area (Å²) in [4.78, 5) is 11.6. The summed E-state index contributed by atoms with van der Waals surface area (Å²) in [5.41, 5.74) is 0. The molecule has 0 spiro atoms. The third-order valence-corrected chi connectivity index (χ3v) is 5.81. The van der Waals surface area contributed by atoms with Gasteiger partial charge in [-0.15, -0.1) is 0 Å². The first-order valence-corrected chi connectivity index (χ1v) is 10.8. The van der Waals surface area contributed by atoms with E-state index < -0.39 is 13.4 Å². The first-order chi connectivity index (χ1) is 11.9. The van der Waals surface area contributed by atoms with Gasteiger partial charge in [0, 0.05) is 0 Å². The molecular weight excluding hydrogens is 398 g/mol. The number of para-hydroxylation sites is 2. The van der Waals surface area contributed by atoms with Crippen LogP contribution in [0.15, 0.2) is 60.7 Å². The van der Waals surface area contributed by atoms with E-state index in [0.717, 1.165) is 0 Å². The second kappa shape index (κ2) is 9.11. The summed E-state index contributed by atoms with van der Waals surface area (Å²) in [5, 5.41) is 2.74. The summed E-state index contributed by atoms with van der Waals surface area (Å²) in [6.45, 7) is 3.38. The van der Waals surface area contributed by atoms with Crippen molar-refractivity contribution in [1.82, 2.24) is 5.32 Å². The van der Waals surface area contributed by atoms with Crippen LogP contribution < -0.4 is 14.4 Å². The number of carbonyl (C=O) groups excluding carboxylic acids is 1. The first-order valence-electron chi connectivity index (χ1n) is 7.96. The molecule has 25 heavy (non-hydrogen) atoms. The van der Waals surface area contributed by atoms with Crippen LogP contribution in [-0.2, 0) is 9.36 Å². The number of benzene rings is 2. The topological polar surface area (TPSA) is 64.6 Å². The molecule has 2 atom stereocenters. The minimum atomic E-state index is -3.71. The Hall–Kier alpha value is -1.72. The number of rotatable bonds is 8. The van der Waals surface area contributed by atoms with E-state index in [1.807, 2.05) is 35.6 Å². The quantitative estimate of drug-likeness (QED) is 0.516. The summed E-state index contributed by atoms with van der Waals surface area (Å²) in [6, 6.07) is 17.7. The summed E-state index contributed by atoms with van der Waals surface area (Å²) < 4.78 is 25.4. The van der Waals surface area contributed by atoms with Crippen molar-refractivity contribution in [2.75, 3.05) is 0 Å². The number of carbonyl (C=O) groups is 1. The van der Waals surface area contributed by atoms with Crippen LogP contribution in [0.5, 0.6) is 11.5 Å². The van der Waals surface area contributed by atoms with Crippen molar-refractivity contribution >= 4 is 30.0 Å². The molecule has 0 bridgehead atoms. The van der Waals surface area contributed by atoms with Crippen LogP contribution in [0, 0.1) is 0 Å². The molecule has 2 aromatic carbocycles. The van der Waals surface area contributed by atoms with Gasteiger partial charge in [0.15, 0.2) is 0 Å². The van der Waals surface area contributed by atoms with E-state index in [2.05, 4.69) is 5.32 Å². The summed E-state index contributed by atoms with van der Waals surface area (Å²) in [6.07, 6.45) is 0.469. The molecule has 2 unspecified atom stereocenters. The average molecular weight is 419 g/mol.